The number of nitrogens with zero attached hydrogens (tertiary/aromatic N) is 1. The van der Waals surface area contributed by atoms with Gasteiger partial charge in [0.2, 0.25) is 0 Å². The fraction of sp³-hybridized carbons (Fsp3) is 0.400. The smallest absolute Gasteiger partial charge is 0.134 e. The molecule has 1 heterocycles. The van der Waals surface area contributed by atoms with E-state index in [2.05, 4.69) is 4.98 Å². The van der Waals surface area contributed by atoms with E-state index in [0.29, 0.717) is 17.1 Å². The lowest BCUT2D eigenvalue weighted by Gasteiger charge is -2.15. The molecule has 0 aliphatic heterocycles. The van der Waals surface area contributed by atoms with Crippen LogP contribution in [-0.2, 0) is 11.8 Å². The van der Waals surface area contributed by atoms with E-state index in [-0.39, 0.29) is 11.8 Å². The van der Waals surface area contributed by atoms with Gasteiger partial charge in [-0.1, -0.05) is 20.8 Å². The number of hydrogen-bond donors (Lipinski definition) is 1. The highest BCUT2D eigenvalue weighted by Crippen LogP contribution is 2.29. The van der Waals surface area contributed by atoms with Gasteiger partial charge in [0, 0.05) is 29.3 Å². The maximum Gasteiger partial charge on any atom is 0.134 e. The molecule has 0 fully saturated rings. The summed E-state index contributed by atoms with van der Waals surface area (Å²) in [7, 11) is 0. The summed E-state index contributed by atoms with van der Waals surface area (Å²) in [6, 6.07) is 1.12. The van der Waals surface area contributed by atoms with Crippen LogP contribution in [0.4, 0.5) is 13.2 Å². The van der Waals surface area contributed by atoms with Crippen LogP contribution in [0.25, 0.3) is 0 Å². The van der Waals surface area contributed by atoms with Gasteiger partial charge >= 0.3 is 0 Å². The van der Waals surface area contributed by atoms with Gasteiger partial charge in [-0.2, -0.15) is 0 Å². The minimum Gasteiger partial charge on any atom is -0.388 e. The molecule has 0 amide bonds. The predicted octanol–water partition coefficient (Wildman–Crippen LogP) is 4.13. The van der Waals surface area contributed by atoms with Crippen LogP contribution in [0.15, 0.2) is 17.5 Å². The highest BCUT2D eigenvalue weighted by molar-refractivity contribution is 7.09. The summed E-state index contributed by atoms with van der Waals surface area (Å²) in [4.78, 5) is 4.36. The van der Waals surface area contributed by atoms with E-state index >= 15 is 0 Å². The van der Waals surface area contributed by atoms with Crippen molar-refractivity contribution in [1.82, 2.24) is 4.98 Å². The molecule has 21 heavy (non-hydrogen) atoms. The Morgan fingerprint density at radius 3 is 2.24 bits per heavy atom. The fourth-order valence-electron chi connectivity index (χ4n) is 1.89. The first kappa shape index (κ1) is 16.0. The van der Waals surface area contributed by atoms with Crippen molar-refractivity contribution < 1.29 is 18.3 Å². The van der Waals surface area contributed by atoms with Gasteiger partial charge < -0.3 is 5.11 Å². The van der Waals surface area contributed by atoms with Crippen LogP contribution in [0.5, 0.6) is 0 Å². The van der Waals surface area contributed by atoms with E-state index in [4.69, 9.17) is 0 Å². The highest BCUT2D eigenvalue weighted by atomic mass is 32.1. The molecule has 0 bridgehead atoms. The summed E-state index contributed by atoms with van der Waals surface area (Å²) in [5.74, 6) is -3.19. The molecule has 0 saturated heterocycles. The largest absolute Gasteiger partial charge is 0.388 e. The van der Waals surface area contributed by atoms with E-state index in [1.54, 1.807) is 0 Å². The van der Waals surface area contributed by atoms with Crippen LogP contribution < -0.4 is 0 Å². The molecular formula is C15H16F3NOS. The summed E-state index contributed by atoms with van der Waals surface area (Å²) < 4.78 is 40.1. The van der Waals surface area contributed by atoms with Crippen molar-refractivity contribution in [3.8, 4) is 0 Å². The van der Waals surface area contributed by atoms with Crippen molar-refractivity contribution >= 4 is 11.3 Å². The molecule has 1 aromatic heterocycles. The molecule has 0 radical (unpaired) electrons. The zero-order valence-electron chi connectivity index (χ0n) is 12.0. The lowest BCUT2D eigenvalue weighted by Crippen LogP contribution is -2.12. The lowest BCUT2D eigenvalue weighted by molar-refractivity contribution is 0.168. The molecule has 6 heteroatoms. The van der Waals surface area contributed by atoms with Crippen molar-refractivity contribution in [2.75, 3.05) is 0 Å². The van der Waals surface area contributed by atoms with E-state index in [0.717, 1.165) is 5.69 Å². The second kappa shape index (κ2) is 5.77. The third kappa shape index (κ3) is 3.63. The average molecular weight is 315 g/mol. The van der Waals surface area contributed by atoms with Crippen LogP contribution >= 0.6 is 11.3 Å². The zero-order chi connectivity index (χ0) is 15.8. The molecule has 0 aliphatic carbocycles. The molecular weight excluding hydrogens is 299 g/mol. The second-order valence-electron chi connectivity index (χ2n) is 5.88. The van der Waals surface area contributed by atoms with Crippen LogP contribution in [0.1, 0.15) is 43.1 Å². The minimum atomic E-state index is -1.40. The zero-order valence-corrected chi connectivity index (χ0v) is 12.8. The maximum absolute atomic E-state index is 13.6. The average Bonchev–Trinajstić information content (AvgIpc) is 2.75. The highest BCUT2D eigenvalue weighted by Gasteiger charge is 2.23. The van der Waals surface area contributed by atoms with Crippen LogP contribution in [0.3, 0.4) is 0 Å². The second-order valence-corrected chi connectivity index (χ2v) is 6.82. The Kier molecular flexibility index (Phi) is 4.39. The first-order chi connectivity index (χ1) is 9.68. The van der Waals surface area contributed by atoms with Crippen LogP contribution in [0.2, 0.25) is 0 Å². The van der Waals surface area contributed by atoms with Gasteiger partial charge in [-0.25, -0.2) is 18.2 Å². The number of hydrogen-bond acceptors (Lipinski definition) is 3. The standard InChI is InChI=1S/C15H16F3NOS/c1-15(2,3)12-7-21-13(19-12)6-11(20)14-9(17)4-8(16)5-10(14)18/h4-5,7,11,20H,6H2,1-3H3. The Labute approximate surface area is 125 Å². The number of aliphatic hydroxyl groups is 1. The fourth-order valence-corrected chi connectivity index (χ4v) is 2.95. The predicted molar refractivity (Wildman–Crippen MR) is 75.8 cm³/mol. The van der Waals surface area contributed by atoms with Crippen molar-refractivity contribution in [1.29, 1.82) is 0 Å². The monoisotopic (exact) mass is 315 g/mol. The molecule has 2 nitrogen and oxygen atoms in total. The van der Waals surface area contributed by atoms with E-state index < -0.39 is 29.1 Å². The SMILES string of the molecule is CC(C)(C)c1csc(CC(O)c2c(F)cc(F)cc2F)n1. The lowest BCUT2D eigenvalue weighted by atomic mass is 9.93. The molecule has 1 aromatic carbocycles. The van der Waals surface area contributed by atoms with Gasteiger partial charge in [0.25, 0.3) is 0 Å². The topological polar surface area (TPSA) is 33.1 Å². The molecule has 0 aliphatic rings. The Bertz CT molecular complexity index is 626. The van der Waals surface area contributed by atoms with Crippen molar-refractivity contribution in [2.24, 2.45) is 0 Å². The number of aliphatic hydroxyl groups excluding tert-OH is 1. The van der Waals surface area contributed by atoms with Gasteiger partial charge in [-0.15, -0.1) is 11.3 Å². The van der Waals surface area contributed by atoms with Crippen molar-refractivity contribution in [3.63, 3.8) is 0 Å². The summed E-state index contributed by atoms with van der Waals surface area (Å²) >= 11 is 1.32. The quantitative estimate of drug-likeness (QED) is 0.923. The Morgan fingerprint density at radius 1 is 1.19 bits per heavy atom. The van der Waals surface area contributed by atoms with Crippen LogP contribution in [-0.4, -0.2) is 10.1 Å². The van der Waals surface area contributed by atoms with Crippen LogP contribution in [0, 0.1) is 17.5 Å². The summed E-state index contributed by atoms with van der Waals surface area (Å²) in [5, 5.41) is 12.4. The minimum absolute atomic E-state index is 0.0137. The summed E-state index contributed by atoms with van der Waals surface area (Å²) in [5.41, 5.74) is 0.199. The number of thiazole rings is 1. The molecule has 114 valence electrons. The summed E-state index contributed by atoms with van der Waals surface area (Å²) in [6.45, 7) is 6.00. The Balaban J connectivity index is 2.22. The number of benzene rings is 1. The third-order valence-electron chi connectivity index (χ3n) is 3.07. The van der Waals surface area contributed by atoms with Crippen molar-refractivity contribution in [2.45, 2.75) is 38.7 Å². The molecule has 2 rings (SSSR count). The van der Waals surface area contributed by atoms with E-state index in [1.165, 1.54) is 11.3 Å². The molecule has 0 saturated carbocycles. The van der Waals surface area contributed by atoms with Gasteiger partial charge in [0.05, 0.1) is 22.4 Å². The molecule has 0 spiro atoms. The number of aromatic nitrogens is 1. The van der Waals surface area contributed by atoms with Gasteiger partial charge in [-0.05, 0) is 0 Å². The van der Waals surface area contributed by atoms with Gasteiger partial charge in [0.1, 0.15) is 17.5 Å². The third-order valence-corrected chi connectivity index (χ3v) is 3.94. The Morgan fingerprint density at radius 2 is 1.76 bits per heavy atom. The normalized spacial score (nSPS) is 13.5. The molecule has 1 N–H and O–H groups in total. The molecule has 1 atom stereocenters. The summed E-state index contributed by atoms with van der Waals surface area (Å²) in [6.07, 6.45) is -1.41. The maximum atomic E-state index is 13.6. The first-order valence-corrected chi connectivity index (χ1v) is 7.34. The van der Waals surface area contributed by atoms with Gasteiger partial charge in [0.15, 0.2) is 0 Å². The Hall–Kier alpha value is -1.40. The van der Waals surface area contributed by atoms with Gasteiger partial charge in [-0.3, -0.25) is 0 Å². The van der Waals surface area contributed by atoms with E-state index in [9.17, 15) is 18.3 Å². The number of halogens is 3. The van der Waals surface area contributed by atoms with Crippen molar-refractivity contribution in [3.05, 3.63) is 51.2 Å². The van der Waals surface area contributed by atoms with E-state index in [1.807, 2.05) is 26.2 Å². The number of rotatable bonds is 3. The molecule has 1 unspecified atom stereocenters. The molecule has 2 aromatic rings. The first-order valence-electron chi connectivity index (χ1n) is 6.46.